The Morgan fingerprint density at radius 2 is 1.68 bits per heavy atom. The van der Waals surface area contributed by atoms with E-state index in [9.17, 15) is 11.8 Å². The Kier molecular flexibility index (Phi) is 17.3. The molecule has 0 bridgehead atoms. The molecule has 1 N–H and O–H groups in total. The molecular formula is C13H16ClNO4S2U. The van der Waals surface area contributed by atoms with E-state index in [0.29, 0.717) is 10.7 Å². The van der Waals surface area contributed by atoms with Crippen molar-refractivity contribution in [1.29, 1.82) is 0 Å². The molecule has 0 atom stereocenters. The second-order valence-corrected chi connectivity index (χ2v) is 6.53. The van der Waals surface area contributed by atoms with Crippen molar-refractivity contribution < 1.29 is 43.8 Å². The van der Waals surface area contributed by atoms with Gasteiger partial charge in [-0.1, -0.05) is 0 Å². The number of hydrogen-bond donors (Lipinski definition) is 1. The van der Waals surface area contributed by atoms with Crippen molar-refractivity contribution in [1.82, 2.24) is 0 Å². The minimum Gasteiger partial charge on any atom is -0.796 e. The third-order valence-electron chi connectivity index (χ3n) is 1.91. The van der Waals surface area contributed by atoms with Crippen LogP contribution in [0.2, 0.25) is 5.02 Å². The zero-order chi connectivity index (χ0) is 17.5. The van der Waals surface area contributed by atoms with Gasteiger partial charge in [0.2, 0.25) is 0 Å². The van der Waals surface area contributed by atoms with Gasteiger partial charge in [0.25, 0.3) is 0 Å². The number of anilines is 1. The number of carbonyl (C=O) groups is 2. The molecule has 0 fully saturated rings. The first-order valence-electron chi connectivity index (χ1n) is 5.89. The van der Waals surface area contributed by atoms with Crippen molar-refractivity contribution >= 4 is 56.9 Å². The van der Waals surface area contributed by atoms with Crippen molar-refractivity contribution in [3.63, 3.8) is 0 Å². The molecule has 0 spiro atoms. The van der Waals surface area contributed by atoms with E-state index in [1.165, 1.54) is 0 Å². The number of hydrogen-bond acceptors (Lipinski definition) is 6. The normalized spacial score (nSPS) is 8.09. The largest absolute Gasteiger partial charge is 0.796 e. The summed E-state index contributed by atoms with van der Waals surface area (Å²) in [5.41, 5.74) is 0.478. The molecule has 0 saturated carbocycles. The second kappa shape index (κ2) is 15.8. The SMILES string of the molecule is CCOC(=O)[C](=[U+2]=[O])C(=O)Nc1ccc(Cl)cc1.C[S-].C[S-]. The molecular weight excluding hydrogens is 572 g/mol. The molecule has 0 aliphatic rings. The van der Waals surface area contributed by atoms with Crippen LogP contribution in [0.5, 0.6) is 0 Å². The summed E-state index contributed by atoms with van der Waals surface area (Å²) in [6, 6.07) is 6.37. The molecule has 0 heterocycles. The molecule has 9 heteroatoms. The summed E-state index contributed by atoms with van der Waals surface area (Å²) in [5, 5.41) is 3.01. The standard InChI is InChI=1S/C11H10ClNO3.2CH4S.O.U/c1-2-16-11(15)7-10(14)13-9-5-3-8(12)4-6-9;2*1-2;;/h3-6H,2H2,1H3,(H,13,14);2*2H,1H3;;/q;;;;+2/p-2. The average Bonchev–Trinajstić information content (AvgIpc) is 2.54. The Bertz CT molecular complexity index is 519. The second-order valence-electron chi connectivity index (χ2n) is 3.16. The summed E-state index contributed by atoms with van der Waals surface area (Å²) in [4.78, 5) is 23.1. The summed E-state index contributed by atoms with van der Waals surface area (Å²) < 4.78 is 15.4. The first-order valence-corrected chi connectivity index (χ1v) is 11.7. The van der Waals surface area contributed by atoms with Gasteiger partial charge in [0.15, 0.2) is 0 Å². The maximum atomic E-state index is 11.7. The van der Waals surface area contributed by atoms with Gasteiger partial charge in [0.1, 0.15) is 0 Å². The number of carbonyl (C=O) groups excluding carboxylic acids is 2. The van der Waals surface area contributed by atoms with Gasteiger partial charge >= 0.3 is 124 Å². The van der Waals surface area contributed by atoms with E-state index < -0.39 is 39.1 Å². The molecule has 5 nitrogen and oxygen atoms in total. The van der Waals surface area contributed by atoms with Crippen LogP contribution in [0.25, 0.3) is 0 Å². The first-order chi connectivity index (χ1) is 10.6. The third-order valence-corrected chi connectivity index (χ3v) is 4.81. The van der Waals surface area contributed by atoms with Crippen molar-refractivity contribution in [2.45, 2.75) is 6.92 Å². The molecule has 0 radical (unpaired) electrons. The van der Waals surface area contributed by atoms with Crippen LogP contribution in [0.4, 0.5) is 5.69 Å². The molecule has 120 valence electrons. The Hall–Kier alpha value is -0.128. The molecule has 0 saturated heterocycles. The van der Waals surface area contributed by atoms with Crippen LogP contribution < -0.4 is 5.32 Å². The van der Waals surface area contributed by atoms with E-state index >= 15 is 0 Å². The Morgan fingerprint density at radius 3 is 2.09 bits per heavy atom. The van der Waals surface area contributed by atoms with Crippen LogP contribution in [0.15, 0.2) is 24.3 Å². The number of amides is 1. The Balaban J connectivity index is 0. The number of nitrogens with one attached hydrogen (secondary N) is 1. The van der Waals surface area contributed by atoms with E-state index in [1.807, 2.05) is 0 Å². The summed E-state index contributed by atoms with van der Waals surface area (Å²) in [6.07, 6.45) is 3.17. The average molecular weight is 588 g/mol. The van der Waals surface area contributed by atoms with Crippen LogP contribution in [-0.2, 0) is 41.8 Å². The number of benzene rings is 1. The summed E-state index contributed by atoms with van der Waals surface area (Å²) >= 11 is 11.1. The minimum absolute atomic E-state index is 0.141. The fourth-order valence-electron chi connectivity index (χ4n) is 1.11. The van der Waals surface area contributed by atoms with Gasteiger partial charge in [-0.05, 0) is 0 Å². The molecule has 1 amide bonds. The van der Waals surface area contributed by atoms with Crippen LogP contribution in [0.3, 0.4) is 0 Å². The Morgan fingerprint density at radius 1 is 1.18 bits per heavy atom. The first kappa shape index (κ1) is 24.1. The predicted molar refractivity (Wildman–Crippen MR) is 89.0 cm³/mol. The number of ether oxygens (including phenoxy) is 1. The van der Waals surface area contributed by atoms with Gasteiger partial charge in [-0.2, -0.15) is 12.5 Å². The van der Waals surface area contributed by atoms with E-state index in [0.717, 1.165) is 0 Å². The zero-order valence-electron chi connectivity index (χ0n) is 12.3. The summed E-state index contributed by atoms with van der Waals surface area (Å²) in [6.45, 7) is 1.76. The Labute approximate surface area is 160 Å². The topological polar surface area (TPSA) is 72.5 Å². The molecule has 0 unspecified atom stereocenters. The monoisotopic (exact) mass is 587 g/mol. The van der Waals surface area contributed by atoms with E-state index in [1.54, 1.807) is 43.7 Å². The van der Waals surface area contributed by atoms with Crippen molar-refractivity contribution in [2.24, 2.45) is 0 Å². The molecule has 1 aromatic carbocycles. The van der Waals surface area contributed by atoms with Crippen LogP contribution in [0, 0.1) is 27.3 Å². The molecule has 0 aromatic heterocycles. The fourth-order valence-corrected chi connectivity index (χ4v) is 2.53. The van der Waals surface area contributed by atoms with Crippen molar-refractivity contribution in [3.05, 3.63) is 29.3 Å². The van der Waals surface area contributed by atoms with E-state index in [-0.39, 0.29) is 9.13 Å². The number of esters is 1. The molecule has 0 aliphatic heterocycles. The third kappa shape index (κ3) is 9.80. The van der Waals surface area contributed by atoms with Crippen LogP contribution >= 0.6 is 11.6 Å². The van der Waals surface area contributed by atoms with Gasteiger partial charge in [-0.15, -0.1) is 0 Å². The van der Waals surface area contributed by atoms with Gasteiger partial charge < -0.3 is 25.3 Å². The zero-order valence-corrected chi connectivity index (χ0v) is 18.9. The summed E-state index contributed by atoms with van der Waals surface area (Å²) in [5.74, 6) is -1.46. The van der Waals surface area contributed by atoms with Crippen molar-refractivity contribution in [3.8, 4) is 0 Å². The summed E-state index contributed by atoms with van der Waals surface area (Å²) in [7, 11) is 0. The minimum atomic E-state index is -2.78. The molecule has 1 rings (SSSR count). The predicted octanol–water partition coefficient (Wildman–Crippen LogP) is 1.77. The quantitative estimate of drug-likeness (QED) is 0.329. The molecule has 0 aliphatic carbocycles. The van der Waals surface area contributed by atoms with Crippen LogP contribution in [-0.4, -0.2) is 33.5 Å². The smallest absolute Gasteiger partial charge is 0.189 e. The number of halogens is 1. The van der Waals surface area contributed by atoms with Crippen LogP contribution in [0.1, 0.15) is 6.92 Å². The van der Waals surface area contributed by atoms with E-state index in [4.69, 9.17) is 11.6 Å². The van der Waals surface area contributed by atoms with Gasteiger partial charge in [-0.3, -0.25) is 0 Å². The maximum absolute atomic E-state index is 11.7. The van der Waals surface area contributed by atoms with Gasteiger partial charge in [0, 0.05) is 0 Å². The van der Waals surface area contributed by atoms with E-state index in [2.05, 4.69) is 35.3 Å². The molecule has 22 heavy (non-hydrogen) atoms. The fraction of sp³-hybridized carbons (Fsp3) is 0.308. The van der Waals surface area contributed by atoms with Crippen molar-refractivity contribution in [2.75, 3.05) is 24.4 Å². The van der Waals surface area contributed by atoms with Gasteiger partial charge in [-0.25, -0.2) is 0 Å². The maximum Gasteiger partial charge on any atom is -0.189 e. The van der Waals surface area contributed by atoms with Gasteiger partial charge in [0.05, 0.1) is 0 Å². The number of rotatable bonds is 4. The molecule has 1 aromatic rings.